The number of hydrogen-bond acceptors (Lipinski definition) is 2. The molecule has 0 bridgehead atoms. The number of amides is 1. The molecule has 0 aliphatic carbocycles. The molecule has 6 heteroatoms. The number of carbonyl (C=O) groups is 1. The van der Waals surface area contributed by atoms with Crippen molar-refractivity contribution in [3.63, 3.8) is 0 Å². The number of nitrogens with zero attached hydrogens (tertiary/aromatic N) is 2. The minimum Gasteiger partial charge on any atom is -0.352 e. The summed E-state index contributed by atoms with van der Waals surface area (Å²) in [6.45, 7) is 0.142. The summed E-state index contributed by atoms with van der Waals surface area (Å²) in [6.07, 6.45) is 2.56. The Morgan fingerprint density at radius 2 is 1.72 bits per heavy atom. The SMILES string of the molecule is O=C(CCc1c(-c2ccc(F)cc2)nc2ccccn12)NCc1ccccc1F. The van der Waals surface area contributed by atoms with Crippen molar-refractivity contribution >= 4 is 11.6 Å². The number of nitrogens with one attached hydrogen (secondary N) is 1. The van der Waals surface area contributed by atoms with E-state index in [4.69, 9.17) is 0 Å². The second-order valence-electron chi connectivity index (χ2n) is 6.71. The van der Waals surface area contributed by atoms with Crippen LogP contribution in [0.2, 0.25) is 0 Å². The summed E-state index contributed by atoms with van der Waals surface area (Å²) in [4.78, 5) is 17.0. The molecule has 2 aromatic carbocycles. The van der Waals surface area contributed by atoms with Gasteiger partial charge in [0.2, 0.25) is 5.91 Å². The van der Waals surface area contributed by atoms with Crippen LogP contribution in [-0.2, 0) is 17.8 Å². The van der Waals surface area contributed by atoms with Crippen molar-refractivity contribution in [1.82, 2.24) is 14.7 Å². The van der Waals surface area contributed by atoms with Crippen LogP contribution in [0.3, 0.4) is 0 Å². The maximum atomic E-state index is 13.7. The van der Waals surface area contributed by atoms with Gasteiger partial charge in [-0.3, -0.25) is 4.79 Å². The third-order valence-corrected chi connectivity index (χ3v) is 4.77. The lowest BCUT2D eigenvalue weighted by molar-refractivity contribution is -0.121. The summed E-state index contributed by atoms with van der Waals surface area (Å²) in [7, 11) is 0. The number of pyridine rings is 1. The Morgan fingerprint density at radius 3 is 2.52 bits per heavy atom. The Morgan fingerprint density at radius 1 is 0.966 bits per heavy atom. The van der Waals surface area contributed by atoms with Gasteiger partial charge in [0, 0.05) is 30.3 Å². The van der Waals surface area contributed by atoms with Crippen molar-refractivity contribution < 1.29 is 13.6 Å². The van der Waals surface area contributed by atoms with Gasteiger partial charge in [0.05, 0.1) is 11.4 Å². The van der Waals surface area contributed by atoms with E-state index in [1.54, 1.807) is 30.3 Å². The number of rotatable bonds is 6. The number of aromatic nitrogens is 2. The van der Waals surface area contributed by atoms with Gasteiger partial charge in [-0.15, -0.1) is 0 Å². The molecule has 2 heterocycles. The van der Waals surface area contributed by atoms with E-state index in [2.05, 4.69) is 10.3 Å². The predicted molar refractivity (Wildman–Crippen MR) is 107 cm³/mol. The average Bonchev–Trinajstić information content (AvgIpc) is 3.11. The fourth-order valence-corrected chi connectivity index (χ4v) is 3.28. The first-order chi connectivity index (χ1) is 14.1. The Labute approximate surface area is 166 Å². The first-order valence-electron chi connectivity index (χ1n) is 9.34. The molecule has 2 aromatic heterocycles. The van der Waals surface area contributed by atoms with Crippen LogP contribution in [0.4, 0.5) is 8.78 Å². The number of aryl methyl sites for hydroxylation is 1. The van der Waals surface area contributed by atoms with Crippen molar-refractivity contribution in [1.29, 1.82) is 0 Å². The van der Waals surface area contributed by atoms with Crippen LogP contribution in [0.15, 0.2) is 72.9 Å². The largest absolute Gasteiger partial charge is 0.352 e. The first kappa shape index (κ1) is 18.8. The number of imidazole rings is 1. The molecule has 4 rings (SSSR count). The van der Waals surface area contributed by atoms with Gasteiger partial charge in [-0.2, -0.15) is 0 Å². The van der Waals surface area contributed by atoms with Crippen molar-refractivity contribution in [3.05, 3.63) is 95.8 Å². The molecular weight excluding hydrogens is 372 g/mol. The minimum absolute atomic E-state index is 0.142. The van der Waals surface area contributed by atoms with Gasteiger partial charge >= 0.3 is 0 Å². The van der Waals surface area contributed by atoms with E-state index in [9.17, 15) is 13.6 Å². The molecule has 0 saturated carbocycles. The van der Waals surface area contributed by atoms with Gasteiger partial charge in [0.1, 0.15) is 17.3 Å². The number of benzene rings is 2. The van der Waals surface area contributed by atoms with Crippen LogP contribution in [0.25, 0.3) is 16.9 Å². The molecule has 0 fully saturated rings. The summed E-state index contributed by atoms with van der Waals surface area (Å²) in [5.41, 5.74) is 3.58. The predicted octanol–water partition coefficient (Wildman–Crippen LogP) is 4.53. The normalized spacial score (nSPS) is 11.0. The van der Waals surface area contributed by atoms with E-state index in [-0.39, 0.29) is 30.5 Å². The van der Waals surface area contributed by atoms with E-state index in [0.717, 1.165) is 22.6 Å². The lowest BCUT2D eigenvalue weighted by atomic mass is 10.1. The number of hydrogen-bond donors (Lipinski definition) is 1. The van der Waals surface area contributed by atoms with E-state index in [1.807, 2.05) is 28.8 Å². The van der Waals surface area contributed by atoms with Crippen LogP contribution < -0.4 is 5.32 Å². The van der Waals surface area contributed by atoms with E-state index in [0.29, 0.717) is 12.0 Å². The zero-order valence-electron chi connectivity index (χ0n) is 15.6. The topological polar surface area (TPSA) is 46.4 Å². The van der Waals surface area contributed by atoms with Gasteiger partial charge in [0.15, 0.2) is 0 Å². The highest BCUT2D eigenvalue weighted by atomic mass is 19.1. The van der Waals surface area contributed by atoms with E-state index in [1.165, 1.54) is 18.2 Å². The molecule has 0 unspecified atom stereocenters. The fraction of sp³-hybridized carbons (Fsp3) is 0.130. The molecule has 0 radical (unpaired) electrons. The Balaban J connectivity index is 1.52. The summed E-state index contributed by atoms with van der Waals surface area (Å²) in [6, 6.07) is 18.2. The van der Waals surface area contributed by atoms with E-state index >= 15 is 0 Å². The molecular formula is C23H19F2N3O. The maximum absolute atomic E-state index is 13.7. The summed E-state index contributed by atoms with van der Waals surface area (Å²) in [5, 5.41) is 2.76. The zero-order valence-corrected chi connectivity index (χ0v) is 15.6. The molecule has 0 saturated heterocycles. The Kier molecular flexibility index (Phi) is 5.33. The van der Waals surface area contributed by atoms with Gasteiger partial charge in [-0.05, 0) is 48.9 Å². The highest BCUT2D eigenvalue weighted by molar-refractivity contribution is 5.77. The second-order valence-corrected chi connectivity index (χ2v) is 6.71. The van der Waals surface area contributed by atoms with Crippen molar-refractivity contribution in [2.24, 2.45) is 0 Å². The Bertz CT molecular complexity index is 1150. The molecule has 0 aliphatic heterocycles. The second kappa shape index (κ2) is 8.22. The highest BCUT2D eigenvalue weighted by Crippen LogP contribution is 2.26. The number of halogens is 2. The van der Waals surface area contributed by atoms with Crippen molar-refractivity contribution in [2.45, 2.75) is 19.4 Å². The van der Waals surface area contributed by atoms with Crippen LogP contribution in [-0.4, -0.2) is 15.3 Å². The third-order valence-electron chi connectivity index (χ3n) is 4.77. The van der Waals surface area contributed by atoms with Crippen molar-refractivity contribution in [2.75, 3.05) is 0 Å². The molecule has 0 aliphatic rings. The fourth-order valence-electron chi connectivity index (χ4n) is 3.28. The summed E-state index contributed by atoms with van der Waals surface area (Å²) >= 11 is 0. The van der Waals surface area contributed by atoms with Crippen molar-refractivity contribution in [3.8, 4) is 11.3 Å². The third kappa shape index (κ3) is 4.16. The Hall–Kier alpha value is -3.54. The van der Waals surface area contributed by atoms with Crippen LogP contribution >= 0.6 is 0 Å². The number of carbonyl (C=O) groups excluding carboxylic acids is 1. The lowest BCUT2D eigenvalue weighted by Crippen LogP contribution is -2.23. The quantitative estimate of drug-likeness (QED) is 0.525. The average molecular weight is 391 g/mol. The highest BCUT2D eigenvalue weighted by Gasteiger charge is 2.15. The lowest BCUT2D eigenvalue weighted by Gasteiger charge is -2.08. The minimum atomic E-state index is -0.340. The summed E-state index contributed by atoms with van der Waals surface area (Å²) < 4.78 is 28.9. The smallest absolute Gasteiger partial charge is 0.220 e. The standard InChI is InChI=1S/C23H19F2N3O/c24-18-10-8-16(9-11-18)23-20(28-14-4-3-7-21(28)27-23)12-13-22(29)26-15-17-5-1-2-6-19(17)25/h1-11,14H,12-13,15H2,(H,26,29). The monoisotopic (exact) mass is 391 g/mol. The zero-order chi connectivity index (χ0) is 20.2. The molecule has 1 amide bonds. The van der Waals surface area contributed by atoms with Crippen LogP contribution in [0.1, 0.15) is 17.7 Å². The molecule has 4 nitrogen and oxygen atoms in total. The first-order valence-corrected chi connectivity index (χ1v) is 9.34. The molecule has 0 atom stereocenters. The van der Waals surface area contributed by atoms with Gasteiger partial charge < -0.3 is 9.72 Å². The maximum Gasteiger partial charge on any atom is 0.220 e. The van der Waals surface area contributed by atoms with Crippen LogP contribution in [0, 0.1) is 11.6 Å². The summed E-state index contributed by atoms with van der Waals surface area (Å²) in [5.74, 6) is -0.830. The van der Waals surface area contributed by atoms with E-state index < -0.39 is 0 Å². The molecule has 146 valence electrons. The number of fused-ring (bicyclic) bond motifs is 1. The van der Waals surface area contributed by atoms with Gasteiger partial charge in [-0.25, -0.2) is 13.8 Å². The van der Waals surface area contributed by atoms with Gasteiger partial charge in [0.25, 0.3) is 0 Å². The van der Waals surface area contributed by atoms with Crippen LogP contribution in [0.5, 0.6) is 0 Å². The molecule has 29 heavy (non-hydrogen) atoms. The van der Waals surface area contributed by atoms with Gasteiger partial charge in [-0.1, -0.05) is 24.3 Å². The molecule has 0 spiro atoms. The molecule has 4 aromatic rings. The molecule has 1 N–H and O–H groups in total.